The summed E-state index contributed by atoms with van der Waals surface area (Å²) in [6.07, 6.45) is 4.23. The summed E-state index contributed by atoms with van der Waals surface area (Å²) in [6.45, 7) is 0.619. The molecule has 1 aliphatic heterocycles. The van der Waals surface area contributed by atoms with Crippen molar-refractivity contribution in [2.75, 3.05) is 6.54 Å². The van der Waals surface area contributed by atoms with Crippen LogP contribution in [0.2, 0.25) is 0 Å². The fourth-order valence-corrected chi connectivity index (χ4v) is 3.14. The summed E-state index contributed by atoms with van der Waals surface area (Å²) in [5.41, 5.74) is 1.05. The Balaban J connectivity index is 1.95. The first kappa shape index (κ1) is 15.3. The molecule has 1 aliphatic rings. The van der Waals surface area contributed by atoms with Gasteiger partial charge in [-0.1, -0.05) is 30.3 Å². The Morgan fingerprint density at radius 2 is 1.96 bits per heavy atom. The van der Waals surface area contributed by atoms with Gasteiger partial charge >= 0.3 is 5.97 Å². The van der Waals surface area contributed by atoms with E-state index in [-0.39, 0.29) is 23.2 Å². The Labute approximate surface area is 134 Å². The van der Waals surface area contributed by atoms with Crippen molar-refractivity contribution in [2.45, 2.75) is 25.3 Å². The average Bonchev–Trinajstić information content (AvgIpc) is 2.97. The molecule has 120 valence electrons. The minimum absolute atomic E-state index is 0.0165. The Bertz CT molecular complexity index is 724. The van der Waals surface area contributed by atoms with Crippen LogP contribution in [0.4, 0.5) is 0 Å². The first-order valence-corrected chi connectivity index (χ1v) is 7.71. The molecule has 1 N–H and O–H groups in total. The average molecular weight is 313 g/mol. The molecule has 6 nitrogen and oxygen atoms in total. The number of nitrogens with zero attached hydrogens (tertiary/aromatic N) is 3. The molecule has 6 heteroatoms. The molecule has 0 spiro atoms. The standard InChI is InChI=1S/C17H19N3O3/c1-19-11-13(17(22)23)15(18-19)16(21)20-10-6-5-9-14(20)12-7-3-2-4-8-12/h2-4,7-8,11,14H,5-6,9-10H2,1H3,(H,22,23)/t14-/m1/s1. The van der Waals surface area contributed by atoms with Gasteiger partial charge in [-0.15, -0.1) is 0 Å². The second kappa shape index (κ2) is 6.24. The van der Waals surface area contributed by atoms with Crippen molar-refractivity contribution in [3.05, 3.63) is 53.3 Å². The van der Waals surface area contributed by atoms with Gasteiger partial charge in [0.2, 0.25) is 0 Å². The third-order valence-corrected chi connectivity index (χ3v) is 4.21. The molecule has 1 fully saturated rings. The van der Waals surface area contributed by atoms with Crippen LogP contribution in [-0.4, -0.2) is 38.2 Å². The number of carboxylic acid groups (broad SMARTS) is 1. The van der Waals surface area contributed by atoms with E-state index in [0.29, 0.717) is 6.54 Å². The molecule has 1 saturated heterocycles. The summed E-state index contributed by atoms with van der Waals surface area (Å²) in [5.74, 6) is -1.44. The lowest BCUT2D eigenvalue weighted by Gasteiger charge is -2.35. The van der Waals surface area contributed by atoms with Crippen LogP contribution in [-0.2, 0) is 7.05 Å². The topological polar surface area (TPSA) is 75.4 Å². The third kappa shape index (κ3) is 2.97. The molecule has 2 aromatic rings. The van der Waals surface area contributed by atoms with Crippen LogP contribution >= 0.6 is 0 Å². The number of aromatic nitrogens is 2. The normalized spacial score (nSPS) is 18.0. The minimum Gasteiger partial charge on any atom is -0.478 e. The van der Waals surface area contributed by atoms with E-state index in [1.54, 1.807) is 11.9 Å². The molecule has 23 heavy (non-hydrogen) atoms. The van der Waals surface area contributed by atoms with E-state index in [2.05, 4.69) is 5.10 Å². The molecule has 0 saturated carbocycles. The lowest BCUT2D eigenvalue weighted by molar-refractivity contribution is 0.0588. The van der Waals surface area contributed by atoms with Crippen molar-refractivity contribution in [3.8, 4) is 0 Å². The monoisotopic (exact) mass is 313 g/mol. The quantitative estimate of drug-likeness (QED) is 0.944. The van der Waals surface area contributed by atoms with Crippen molar-refractivity contribution in [3.63, 3.8) is 0 Å². The number of carbonyl (C=O) groups is 2. The highest BCUT2D eigenvalue weighted by Crippen LogP contribution is 2.32. The number of benzene rings is 1. The molecular formula is C17H19N3O3. The van der Waals surface area contributed by atoms with Crippen LogP contribution in [0.15, 0.2) is 36.5 Å². The minimum atomic E-state index is -1.13. The van der Waals surface area contributed by atoms with E-state index < -0.39 is 5.97 Å². The summed E-state index contributed by atoms with van der Waals surface area (Å²) in [6, 6.07) is 9.84. The van der Waals surface area contributed by atoms with Gasteiger partial charge in [-0.05, 0) is 24.8 Å². The SMILES string of the molecule is Cn1cc(C(=O)O)c(C(=O)N2CCCC[C@@H]2c2ccccc2)n1. The van der Waals surface area contributed by atoms with Gasteiger partial charge in [-0.3, -0.25) is 9.48 Å². The molecule has 1 amide bonds. The third-order valence-electron chi connectivity index (χ3n) is 4.21. The van der Waals surface area contributed by atoms with Gasteiger partial charge in [0.05, 0.1) is 6.04 Å². The van der Waals surface area contributed by atoms with Gasteiger partial charge in [0.25, 0.3) is 5.91 Å². The van der Waals surface area contributed by atoms with E-state index in [9.17, 15) is 14.7 Å². The summed E-state index contributed by atoms with van der Waals surface area (Å²) >= 11 is 0. The van der Waals surface area contributed by atoms with E-state index in [4.69, 9.17) is 0 Å². The molecule has 0 unspecified atom stereocenters. The molecule has 2 heterocycles. The van der Waals surface area contributed by atoms with Crippen LogP contribution in [0, 0.1) is 0 Å². The molecule has 3 rings (SSSR count). The number of rotatable bonds is 3. The van der Waals surface area contributed by atoms with Gasteiger partial charge in [0.1, 0.15) is 5.56 Å². The number of aryl methyl sites for hydroxylation is 1. The number of likely N-dealkylation sites (tertiary alicyclic amines) is 1. The number of hydrogen-bond donors (Lipinski definition) is 1. The zero-order valence-corrected chi connectivity index (χ0v) is 13.0. The summed E-state index contributed by atoms with van der Waals surface area (Å²) < 4.78 is 1.37. The molecular weight excluding hydrogens is 294 g/mol. The van der Waals surface area contributed by atoms with Gasteiger partial charge < -0.3 is 10.0 Å². The van der Waals surface area contributed by atoms with Crippen molar-refractivity contribution in [2.24, 2.45) is 7.05 Å². The van der Waals surface area contributed by atoms with Crippen LogP contribution in [0.1, 0.15) is 51.7 Å². The van der Waals surface area contributed by atoms with Gasteiger partial charge in [0.15, 0.2) is 5.69 Å². The van der Waals surface area contributed by atoms with Gasteiger partial charge in [0, 0.05) is 19.8 Å². The predicted octanol–water partition coefficient (Wildman–Crippen LogP) is 2.49. The van der Waals surface area contributed by atoms with Gasteiger partial charge in [-0.25, -0.2) is 4.79 Å². The maximum Gasteiger partial charge on any atom is 0.339 e. The maximum atomic E-state index is 12.9. The van der Waals surface area contributed by atoms with E-state index in [0.717, 1.165) is 24.8 Å². The summed E-state index contributed by atoms with van der Waals surface area (Å²) in [5, 5.41) is 13.4. The zero-order valence-electron chi connectivity index (χ0n) is 13.0. The zero-order chi connectivity index (χ0) is 16.4. The highest BCUT2D eigenvalue weighted by Gasteiger charge is 2.32. The number of carboxylic acids is 1. The highest BCUT2D eigenvalue weighted by molar-refractivity contribution is 6.03. The molecule has 0 radical (unpaired) electrons. The largest absolute Gasteiger partial charge is 0.478 e. The molecule has 0 bridgehead atoms. The fraction of sp³-hybridized carbons (Fsp3) is 0.353. The Kier molecular flexibility index (Phi) is 4.14. The summed E-state index contributed by atoms with van der Waals surface area (Å²) in [4.78, 5) is 26.0. The van der Waals surface area contributed by atoms with Crippen LogP contribution in [0.3, 0.4) is 0 Å². The van der Waals surface area contributed by atoms with E-state index >= 15 is 0 Å². The Hall–Kier alpha value is -2.63. The molecule has 1 aromatic heterocycles. The second-order valence-corrected chi connectivity index (χ2v) is 5.79. The van der Waals surface area contributed by atoms with Crippen LogP contribution in [0.5, 0.6) is 0 Å². The molecule has 1 aromatic carbocycles. The Morgan fingerprint density at radius 1 is 1.22 bits per heavy atom. The lowest BCUT2D eigenvalue weighted by atomic mass is 9.94. The van der Waals surface area contributed by atoms with Crippen molar-refractivity contribution in [1.29, 1.82) is 0 Å². The Morgan fingerprint density at radius 3 is 2.65 bits per heavy atom. The van der Waals surface area contributed by atoms with Crippen LogP contribution < -0.4 is 0 Å². The first-order chi connectivity index (χ1) is 11.1. The predicted molar refractivity (Wildman–Crippen MR) is 84.2 cm³/mol. The fourth-order valence-electron chi connectivity index (χ4n) is 3.14. The van der Waals surface area contributed by atoms with E-state index in [1.807, 2.05) is 30.3 Å². The first-order valence-electron chi connectivity index (χ1n) is 7.71. The second-order valence-electron chi connectivity index (χ2n) is 5.79. The highest BCUT2D eigenvalue weighted by atomic mass is 16.4. The van der Waals surface area contributed by atoms with Crippen molar-refractivity contribution in [1.82, 2.24) is 14.7 Å². The maximum absolute atomic E-state index is 12.9. The number of amides is 1. The number of carbonyl (C=O) groups excluding carboxylic acids is 1. The van der Waals surface area contributed by atoms with Crippen molar-refractivity contribution < 1.29 is 14.7 Å². The lowest BCUT2D eigenvalue weighted by Crippen LogP contribution is -2.39. The van der Waals surface area contributed by atoms with Crippen molar-refractivity contribution >= 4 is 11.9 Å². The van der Waals surface area contributed by atoms with Crippen LogP contribution in [0.25, 0.3) is 0 Å². The number of piperidine rings is 1. The molecule has 1 atom stereocenters. The van der Waals surface area contributed by atoms with Gasteiger partial charge in [-0.2, -0.15) is 5.10 Å². The smallest absolute Gasteiger partial charge is 0.339 e. The summed E-state index contributed by atoms with van der Waals surface area (Å²) in [7, 11) is 1.62. The molecule has 0 aliphatic carbocycles. The van der Waals surface area contributed by atoms with E-state index in [1.165, 1.54) is 10.9 Å². The number of aromatic carboxylic acids is 1. The number of hydrogen-bond acceptors (Lipinski definition) is 3.